The monoisotopic (exact) mass is 370 g/mol. The second-order valence-corrected chi connectivity index (χ2v) is 7.56. The van der Waals surface area contributed by atoms with Crippen molar-refractivity contribution in [1.82, 2.24) is 0 Å². The summed E-state index contributed by atoms with van der Waals surface area (Å²) in [5.41, 5.74) is 10.3. The maximum Gasteiger partial charge on any atom is 0.297 e. The van der Waals surface area contributed by atoms with E-state index in [-0.39, 0.29) is 5.69 Å². The molecule has 128 valence electrons. The topological polar surface area (TPSA) is 161 Å². The summed E-state index contributed by atoms with van der Waals surface area (Å²) in [5.74, 6) is 0. The van der Waals surface area contributed by atoms with Gasteiger partial charge in [0.2, 0.25) is 0 Å². The van der Waals surface area contributed by atoms with Crippen molar-refractivity contribution in [3.05, 3.63) is 53.6 Å². The van der Waals surface area contributed by atoms with Crippen LogP contribution in [0.3, 0.4) is 0 Å². The number of nitrogens with two attached hydrogens (primary N) is 2. The van der Waals surface area contributed by atoms with Crippen LogP contribution in [-0.2, 0) is 20.2 Å². The molecule has 0 saturated heterocycles. The van der Waals surface area contributed by atoms with Crippen molar-refractivity contribution in [3.8, 4) is 0 Å². The number of anilines is 2. The first-order valence-electron chi connectivity index (χ1n) is 6.42. The smallest absolute Gasteiger partial charge is 0.297 e. The molecule has 0 aliphatic carbocycles. The Bertz CT molecular complexity index is 1010. The van der Waals surface area contributed by atoms with Crippen molar-refractivity contribution in [3.63, 3.8) is 0 Å². The Kier molecular flexibility index (Phi) is 4.67. The van der Waals surface area contributed by atoms with Crippen LogP contribution in [0.15, 0.2) is 47.4 Å². The lowest BCUT2D eigenvalue weighted by Crippen LogP contribution is -2.12. The van der Waals surface area contributed by atoms with E-state index < -0.39 is 41.3 Å². The SMILES string of the molecule is Nc1ccc(C(=Cc2ccccc2)S(=O)(=O)O)c(S(=O)(=O)O)c1N. The zero-order valence-electron chi connectivity index (χ0n) is 12.1. The first-order valence-corrected chi connectivity index (χ1v) is 9.30. The van der Waals surface area contributed by atoms with Crippen molar-refractivity contribution in [2.45, 2.75) is 4.90 Å². The molecule has 0 aromatic heterocycles. The van der Waals surface area contributed by atoms with Gasteiger partial charge in [0.1, 0.15) is 9.80 Å². The highest BCUT2D eigenvalue weighted by atomic mass is 32.2. The standard InChI is InChI=1S/C14H14N2O6S2/c15-11-7-6-10(14(13(11)16)24(20,21)22)12(23(17,18)19)8-9-4-2-1-3-5-9/h1-8H,15-16H2,(H,17,18,19)(H,20,21,22). The molecule has 0 radical (unpaired) electrons. The number of nitrogen functional groups attached to an aromatic ring is 2. The molecule has 0 fully saturated rings. The van der Waals surface area contributed by atoms with Crippen LogP contribution >= 0.6 is 0 Å². The molecule has 6 N–H and O–H groups in total. The van der Waals surface area contributed by atoms with Crippen LogP contribution < -0.4 is 11.5 Å². The molecule has 2 aromatic rings. The predicted molar refractivity (Wildman–Crippen MR) is 90.9 cm³/mol. The first-order chi connectivity index (χ1) is 11.0. The van der Waals surface area contributed by atoms with E-state index in [0.717, 1.165) is 12.1 Å². The molecule has 0 atom stereocenters. The second-order valence-electron chi connectivity index (χ2n) is 4.81. The van der Waals surface area contributed by atoms with Gasteiger partial charge in [0.25, 0.3) is 20.2 Å². The molecule has 0 aliphatic rings. The summed E-state index contributed by atoms with van der Waals surface area (Å²) in [5, 5.41) is 0. The Morgan fingerprint density at radius 1 is 0.917 bits per heavy atom. The molecule has 0 spiro atoms. The Labute approximate surface area is 138 Å². The van der Waals surface area contributed by atoms with Gasteiger partial charge in [-0.15, -0.1) is 0 Å². The summed E-state index contributed by atoms with van der Waals surface area (Å²) < 4.78 is 65.6. The summed E-state index contributed by atoms with van der Waals surface area (Å²) in [6.07, 6.45) is 1.05. The van der Waals surface area contributed by atoms with E-state index in [1.807, 2.05) is 0 Å². The van der Waals surface area contributed by atoms with Gasteiger partial charge in [0, 0.05) is 5.56 Å². The molecule has 2 rings (SSSR count). The highest BCUT2D eigenvalue weighted by Crippen LogP contribution is 2.35. The minimum atomic E-state index is -4.91. The van der Waals surface area contributed by atoms with Gasteiger partial charge in [0.15, 0.2) is 0 Å². The maximum absolute atomic E-state index is 11.8. The zero-order chi connectivity index (χ0) is 18.1. The van der Waals surface area contributed by atoms with E-state index in [2.05, 4.69) is 0 Å². The minimum Gasteiger partial charge on any atom is -0.397 e. The number of hydrogen-bond acceptors (Lipinski definition) is 6. The summed E-state index contributed by atoms with van der Waals surface area (Å²) >= 11 is 0. The molecule has 0 unspecified atom stereocenters. The summed E-state index contributed by atoms with van der Waals surface area (Å²) in [7, 11) is -9.74. The minimum absolute atomic E-state index is 0.166. The molecule has 0 heterocycles. The van der Waals surface area contributed by atoms with Gasteiger partial charge in [-0.05, 0) is 23.8 Å². The normalized spacial score (nSPS) is 13.0. The lowest BCUT2D eigenvalue weighted by molar-refractivity contribution is 0.483. The first kappa shape index (κ1) is 17.9. The molecule has 10 heteroatoms. The molecule has 0 saturated carbocycles. The van der Waals surface area contributed by atoms with Crippen molar-refractivity contribution in [2.75, 3.05) is 11.5 Å². The van der Waals surface area contributed by atoms with Crippen LogP contribution in [-0.4, -0.2) is 25.9 Å². The molecular weight excluding hydrogens is 356 g/mol. The number of rotatable bonds is 4. The van der Waals surface area contributed by atoms with Crippen LogP contribution in [0.4, 0.5) is 11.4 Å². The highest BCUT2D eigenvalue weighted by Gasteiger charge is 2.28. The van der Waals surface area contributed by atoms with Crippen LogP contribution in [0, 0.1) is 0 Å². The molecule has 8 nitrogen and oxygen atoms in total. The quantitative estimate of drug-likeness (QED) is 0.357. The van der Waals surface area contributed by atoms with Crippen LogP contribution in [0.25, 0.3) is 11.0 Å². The third-order valence-electron chi connectivity index (χ3n) is 3.13. The van der Waals surface area contributed by atoms with Gasteiger partial charge in [-0.3, -0.25) is 9.11 Å². The van der Waals surface area contributed by atoms with Crippen molar-refractivity contribution >= 4 is 42.6 Å². The summed E-state index contributed by atoms with van der Waals surface area (Å²) in [4.78, 5) is -1.63. The Balaban J connectivity index is 2.89. The van der Waals surface area contributed by atoms with Gasteiger partial charge < -0.3 is 11.5 Å². The molecule has 0 bridgehead atoms. The van der Waals surface area contributed by atoms with Gasteiger partial charge >= 0.3 is 0 Å². The van der Waals surface area contributed by atoms with Crippen molar-refractivity contribution in [1.29, 1.82) is 0 Å². The van der Waals surface area contributed by atoms with Crippen LogP contribution in [0.2, 0.25) is 0 Å². The summed E-state index contributed by atoms with van der Waals surface area (Å²) in [6, 6.07) is 10.2. The molecule has 2 aromatic carbocycles. The fraction of sp³-hybridized carbons (Fsp3) is 0. The van der Waals surface area contributed by atoms with Gasteiger partial charge in [-0.25, -0.2) is 0 Å². The molecule has 24 heavy (non-hydrogen) atoms. The van der Waals surface area contributed by atoms with E-state index in [1.165, 1.54) is 6.07 Å². The average Bonchev–Trinajstić information content (AvgIpc) is 2.46. The Morgan fingerprint density at radius 2 is 1.50 bits per heavy atom. The van der Waals surface area contributed by atoms with Crippen LogP contribution in [0.5, 0.6) is 0 Å². The number of benzene rings is 2. The zero-order valence-corrected chi connectivity index (χ0v) is 13.8. The van der Waals surface area contributed by atoms with Gasteiger partial charge in [-0.1, -0.05) is 30.3 Å². The fourth-order valence-corrected chi connectivity index (χ4v) is 3.73. The Hall–Kier alpha value is -2.40. The Morgan fingerprint density at radius 3 is 2.00 bits per heavy atom. The van der Waals surface area contributed by atoms with E-state index in [0.29, 0.717) is 5.56 Å². The lowest BCUT2D eigenvalue weighted by Gasteiger charge is -2.13. The van der Waals surface area contributed by atoms with Gasteiger partial charge in [0.05, 0.1) is 11.4 Å². The lowest BCUT2D eigenvalue weighted by atomic mass is 10.1. The molecule has 0 aliphatic heterocycles. The van der Waals surface area contributed by atoms with Crippen molar-refractivity contribution < 1.29 is 25.9 Å². The second kappa shape index (κ2) is 6.24. The van der Waals surface area contributed by atoms with Crippen molar-refractivity contribution in [2.24, 2.45) is 0 Å². The van der Waals surface area contributed by atoms with E-state index in [9.17, 15) is 25.9 Å². The fourth-order valence-electron chi connectivity index (χ4n) is 2.08. The van der Waals surface area contributed by atoms with Gasteiger partial charge in [-0.2, -0.15) is 16.8 Å². The number of hydrogen-bond donors (Lipinski definition) is 4. The van der Waals surface area contributed by atoms with E-state index in [4.69, 9.17) is 11.5 Å². The van der Waals surface area contributed by atoms with E-state index >= 15 is 0 Å². The predicted octanol–water partition coefficient (Wildman–Crippen LogP) is 1.48. The molecule has 0 amide bonds. The third-order valence-corrected chi connectivity index (χ3v) is 4.98. The average molecular weight is 370 g/mol. The highest BCUT2D eigenvalue weighted by molar-refractivity contribution is 7.95. The van der Waals surface area contributed by atoms with Crippen LogP contribution in [0.1, 0.15) is 11.1 Å². The summed E-state index contributed by atoms with van der Waals surface area (Å²) in [6.45, 7) is 0. The van der Waals surface area contributed by atoms with E-state index in [1.54, 1.807) is 30.3 Å². The largest absolute Gasteiger partial charge is 0.397 e. The third kappa shape index (κ3) is 3.74. The molecular formula is C14H14N2O6S2. The maximum atomic E-state index is 11.8.